The molecule has 0 saturated carbocycles. The zero-order chi connectivity index (χ0) is 14.9. The minimum atomic E-state index is -0.110. The Bertz CT molecular complexity index is 589. The number of alkyl halides is 1. The van der Waals surface area contributed by atoms with Crippen molar-refractivity contribution in [3.8, 4) is 5.75 Å². The number of nitrogens with zero attached hydrogens (tertiary/aromatic N) is 2. The standard InChI is InChI=1S/C16H23ClN2O/c1-6-14(10(2)3)19-15-9-12(20-5)7-8-13(15)18-16(19)11(4)17/h7-11,14H,6H2,1-5H3. The molecule has 4 heteroatoms. The minimum Gasteiger partial charge on any atom is -0.497 e. The van der Waals surface area contributed by atoms with E-state index in [2.05, 4.69) is 31.4 Å². The summed E-state index contributed by atoms with van der Waals surface area (Å²) < 4.78 is 7.64. The molecule has 0 amide bonds. The van der Waals surface area contributed by atoms with Gasteiger partial charge < -0.3 is 9.30 Å². The van der Waals surface area contributed by atoms with Gasteiger partial charge in [-0.15, -0.1) is 11.6 Å². The molecule has 110 valence electrons. The fraction of sp³-hybridized carbons (Fsp3) is 0.562. The summed E-state index contributed by atoms with van der Waals surface area (Å²) in [6, 6.07) is 6.39. The van der Waals surface area contributed by atoms with Gasteiger partial charge in [0.05, 0.1) is 23.5 Å². The van der Waals surface area contributed by atoms with Gasteiger partial charge in [0.1, 0.15) is 11.6 Å². The second-order valence-electron chi connectivity index (χ2n) is 5.53. The van der Waals surface area contributed by atoms with Crippen LogP contribution in [-0.2, 0) is 0 Å². The van der Waals surface area contributed by atoms with Crippen LogP contribution in [0.25, 0.3) is 11.0 Å². The van der Waals surface area contributed by atoms with Crippen molar-refractivity contribution >= 4 is 22.6 Å². The van der Waals surface area contributed by atoms with Crippen LogP contribution >= 0.6 is 11.6 Å². The molecule has 0 aliphatic rings. The van der Waals surface area contributed by atoms with E-state index in [1.165, 1.54) is 0 Å². The molecule has 1 aromatic heterocycles. The summed E-state index contributed by atoms with van der Waals surface area (Å²) >= 11 is 6.34. The Morgan fingerprint density at radius 2 is 2.00 bits per heavy atom. The first-order chi connectivity index (χ1) is 9.49. The zero-order valence-corrected chi connectivity index (χ0v) is 13.6. The average Bonchev–Trinajstić information content (AvgIpc) is 2.78. The van der Waals surface area contributed by atoms with E-state index >= 15 is 0 Å². The molecule has 2 unspecified atom stereocenters. The fourth-order valence-corrected chi connectivity index (χ4v) is 2.95. The Balaban J connectivity index is 2.71. The number of halogens is 1. The number of aromatic nitrogens is 2. The first kappa shape index (κ1) is 15.2. The topological polar surface area (TPSA) is 27.1 Å². The number of hydrogen-bond donors (Lipinski definition) is 0. The van der Waals surface area contributed by atoms with Gasteiger partial charge in [-0.05, 0) is 31.4 Å². The van der Waals surface area contributed by atoms with Gasteiger partial charge in [0.2, 0.25) is 0 Å². The van der Waals surface area contributed by atoms with E-state index in [4.69, 9.17) is 21.3 Å². The molecule has 0 spiro atoms. The average molecular weight is 295 g/mol. The van der Waals surface area contributed by atoms with Gasteiger partial charge in [0.25, 0.3) is 0 Å². The highest BCUT2D eigenvalue weighted by Crippen LogP contribution is 2.34. The fourth-order valence-electron chi connectivity index (χ4n) is 2.80. The van der Waals surface area contributed by atoms with Crippen molar-refractivity contribution in [1.82, 2.24) is 9.55 Å². The molecular formula is C16H23ClN2O. The molecule has 0 fully saturated rings. The van der Waals surface area contributed by atoms with Crippen LogP contribution < -0.4 is 4.74 Å². The van der Waals surface area contributed by atoms with Crippen molar-refractivity contribution < 1.29 is 4.74 Å². The number of hydrogen-bond acceptors (Lipinski definition) is 2. The lowest BCUT2D eigenvalue weighted by Gasteiger charge is -2.24. The zero-order valence-electron chi connectivity index (χ0n) is 12.9. The maximum atomic E-state index is 6.34. The highest BCUT2D eigenvalue weighted by Gasteiger charge is 2.23. The summed E-state index contributed by atoms with van der Waals surface area (Å²) in [7, 11) is 1.69. The second-order valence-corrected chi connectivity index (χ2v) is 6.18. The number of ether oxygens (including phenoxy) is 1. The number of methoxy groups -OCH3 is 1. The Labute approximate surface area is 125 Å². The first-order valence-corrected chi connectivity index (χ1v) is 7.63. The van der Waals surface area contributed by atoms with E-state index in [0.717, 1.165) is 29.0 Å². The van der Waals surface area contributed by atoms with E-state index < -0.39 is 0 Å². The van der Waals surface area contributed by atoms with E-state index in [0.29, 0.717) is 12.0 Å². The third kappa shape index (κ3) is 2.64. The van der Waals surface area contributed by atoms with Crippen LogP contribution in [0, 0.1) is 5.92 Å². The van der Waals surface area contributed by atoms with Crippen LogP contribution in [-0.4, -0.2) is 16.7 Å². The summed E-state index contributed by atoms with van der Waals surface area (Å²) in [5, 5.41) is -0.110. The molecule has 2 rings (SSSR count). The smallest absolute Gasteiger partial charge is 0.127 e. The van der Waals surface area contributed by atoms with Crippen LogP contribution in [0.3, 0.4) is 0 Å². The first-order valence-electron chi connectivity index (χ1n) is 7.19. The number of imidazole rings is 1. The van der Waals surface area contributed by atoms with Crippen LogP contribution in [0.4, 0.5) is 0 Å². The van der Waals surface area contributed by atoms with E-state index in [-0.39, 0.29) is 5.38 Å². The lowest BCUT2D eigenvalue weighted by molar-refractivity contribution is 0.363. The highest BCUT2D eigenvalue weighted by molar-refractivity contribution is 6.20. The summed E-state index contributed by atoms with van der Waals surface area (Å²) in [5.74, 6) is 2.32. The molecule has 0 aliphatic heterocycles. The monoisotopic (exact) mass is 294 g/mol. The largest absolute Gasteiger partial charge is 0.497 e. The Kier molecular flexibility index (Phi) is 4.59. The van der Waals surface area contributed by atoms with Crippen LogP contribution in [0.5, 0.6) is 5.75 Å². The molecule has 0 radical (unpaired) electrons. The van der Waals surface area contributed by atoms with Crippen LogP contribution in [0.1, 0.15) is 51.4 Å². The Morgan fingerprint density at radius 3 is 2.50 bits per heavy atom. The molecule has 0 bridgehead atoms. The molecule has 1 aromatic carbocycles. The summed E-state index contributed by atoms with van der Waals surface area (Å²) in [4.78, 5) is 4.71. The van der Waals surface area contributed by atoms with Crippen molar-refractivity contribution in [3.63, 3.8) is 0 Å². The molecule has 2 atom stereocenters. The summed E-state index contributed by atoms with van der Waals surface area (Å²) in [5.41, 5.74) is 2.08. The normalized spacial score (nSPS) is 14.8. The quantitative estimate of drug-likeness (QED) is 0.729. The maximum Gasteiger partial charge on any atom is 0.127 e. The predicted octanol–water partition coefficient (Wildman–Crippen LogP) is 4.95. The van der Waals surface area contributed by atoms with Gasteiger partial charge in [0.15, 0.2) is 0 Å². The highest BCUT2D eigenvalue weighted by atomic mass is 35.5. The lowest BCUT2D eigenvalue weighted by atomic mass is 10.0. The van der Waals surface area contributed by atoms with Gasteiger partial charge in [-0.3, -0.25) is 0 Å². The molecule has 0 saturated heterocycles. The van der Waals surface area contributed by atoms with E-state index in [1.54, 1.807) is 7.11 Å². The molecule has 2 aromatic rings. The van der Waals surface area contributed by atoms with Crippen molar-refractivity contribution in [2.75, 3.05) is 7.11 Å². The van der Waals surface area contributed by atoms with Gasteiger partial charge in [0, 0.05) is 12.1 Å². The molecule has 1 heterocycles. The van der Waals surface area contributed by atoms with Gasteiger partial charge in [-0.25, -0.2) is 4.98 Å². The molecule has 20 heavy (non-hydrogen) atoms. The van der Waals surface area contributed by atoms with Crippen molar-refractivity contribution in [2.45, 2.75) is 45.5 Å². The molecule has 0 N–H and O–H groups in total. The maximum absolute atomic E-state index is 6.34. The van der Waals surface area contributed by atoms with Gasteiger partial charge in [-0.1, -0.05) is 20.8 Å². The predicted molar refractivity (Wildman–Crippen MR) is 84.7 cm³/mol. The summed E-state index contributed by atoms with van der Waals surface area (Å²) in [6.45, 7) is 8.66. The third-order valence-electron chi connectivity index (χ3n) is 3.80. The molecular weight excluding hydrogens is 272 g/mol. The minimum absolute atomic E-state index is 0.110. The van der Waals surface area contributed by atoms with Crippen LogP contribution in [0.15, 0.2) is 18.2 Å². The van der Waals surface area contributed by atoms with E-state index in [1.807, 2.05) is 19.1 Å². The molecule has 3 nitrogen and oxygen atoms in total. The number of fused-ring (bicyclic) bond motifs is 1. The second kappa shape index (κ2) is 6.04. The van der Waals surface area contributed by atoms with Crippen molar-refractivity contribution in [2.24, 2.45) is 5.92 Å². The van der Waals surface area contributed by atoms with Crippen molar-refractivity contribution in [1.29, 1.82) is 0 Å². The van der Waals surface area contributed by atoms with Crippen LogP contribution in [0.2, 0.25) is 0 Å². The van der Waals surface area contributed by atoms with Gasteiger partial charge >= 0.3 is 0 Å². The summed E-state index contributed by atoms with van der Waals surface area (Å²) in [6.07, 6.45) is 1.05. The number of benzene rings is 1. The SMILES string of the molecule is CCC(C(C)C)n1c(C(C)Cl)nc2ccc(OC)cc21. The van der Waals surface area contributed by atoms with Crippen molar-refractivity contribution in [3.05, 3.63) is 24.0 Å². The Morgan fingerprint density at radius 1 is 1.30 bits per heavy atom. The molecule has 0 aliphatic carbocycles. The Hall–Kier alpha value is -1.22. The number of rotatable bonds is 5. The lowest BCUT2D eigenvalue weighted by Crippen LogP contribution is -2.17. The third-order valence-corrected chi connectivity index (χ3v) is 3.99. The van der Waals surface area contributed by atoms with E-state index in [9.17, 15) is 0 Å². The van der Waals surface area contributed by atoms with Gasteiger partial charge in [-0.2, -0.15) is 0 Å².